The molecule has 2 N–H and O–H groups in total. The van der Waals surface area contributed by atoms with Gasteiger partial charge in [-0.2, -0.15) is 0 Å². The number of hydrogen-bond acceptors (Lipinski definition) is 2. The fourth-order valence-corrected chi connectivity index (χ4v) is 2.14. The molecule has 0 radical (unpaired) electrons. The number of rotatable bonds is 2. The minimum atomic E-state index is -0.378. The molecule has 2 amide bonds. The van der Waals surface area contributed by atoms with Crippen molar-refractivity contribution in [3.63, 3.8) is 0 Å². The van der Waals surface area contributed by atoms with E-state index in [-0.39, 0.29) is 24.2 Å². The topological polar surface area (TPSA) is 62.0 Å². The summed E-state index contributed by atoms with van der Waals surface area (Å²) < 4.78 is 0. The highest BCUT2D eigenvalue weighted by molar-refractivity contribution is 6.06. The van der Waals surface area contributed by atoms with Crippen LogP contribution in [0.15, 0.2) is 18.9 Å². The molecular weight excluding hydrogens is 216 g/mol. The van der Waals surface area contributed by atoms with E-state index in [1.165, 1.54) is 0 Å². The van der Waals surface area contributed by atoms with Gasteiger partial charge in [-0.3, -0.25) is 14.9 Å². The van der Waals surface area contributed by atoms with E-state index in [0.29, 0.717) is 0 Å². The fourth-order valence-electron chi connectivity index (χ4n) is 2.14. The number of imide groups is 1. The third-order valence-corrected chi connectivity index (χ3v) is 2.90. The lowest BCUT2D eigenvalue weighted by atomic mass is 9.98. The van der Waals surface area contributed by atoms with Gasteiger partial charge in [0.15, 0.2) is 0 Å². The fraction of sp³-hybridized carbons (Fsp3) is 0.231. The number of hydrogen-bond donors (Lipinski definition) is 2. The summed E-state index contributed by atoms with van der Waals surface area (Å²) in [4.78, 5) is 25.9. The summed E-state index contributed by atoms with van der Waals surface area (Å²) >= 11 is 0. The zero-order valence-corrected chi connectivity index (χ0v) is 9.62. The number of nitrogens with one attached hydrogen (secondary N) is 2. The Hall–Kier alpha value is -2.10. The van der Waals surface area contributed by atoms with E-state index < -0.39 is 0 Å². The Bertz CT molecular complexity index is 595. The summed E-state index contributed by atoms with van der Waals surface area (Å²) in [6.07, 6.45) is 7.46. The quantitative estimate of drug-likeness (QED) is 0.698. The van der Waals surface area contributed by atoms with Crippen molar-refractivity contribution in [2.24, 2.45) is 0 Å². The summed E-state index contributed by atoms with van der Waals surface area (Å²) in [5, 5.41) is 4.19. The minimum absolute atomic E-state index is 0.211. The Morgan fingerprint density at radius 3 is 2.76 bits per heavy atom. The van der Waals surface area contributed by atoms with Gasteiger partial charge in [-0.25, -0.2) is 0 Å². The van der Waals surface area contributed by atoms with E-state index in [1.54, 1.807) is 12.3 Å². The van der Waals surface area contributed by atoms with E-state index >= 15 is 0 Å². The first-order valence-electron chi connectivity index (χ1n) is 5.47. The lowest BCUT2D eigenvalue weighted by molar-refractivity contribution is -0.125. The van der Waals surface area contributed by atoms with Crippen LogP contribution in [0.2, 0.25) is 0 Å². The van der Waals surface area contributed by atoms with E-state index in [9.17, 15) is 9.59 Å². The molecule has 2 heterocycles. The lowest BCUT2D eigenvalue weighted by Gasteiger charge is -2.01. The average molecular weight is 230 g/mol. The van der Waals surface area contributed by atoms with Gasteiger partial charge in [-0.1, -0.05) is 18.7 Å². The van der Waals surface area contributed by atoms with Crippen molar-refractivity contribution in [3.8, 4) is 0 Å². The zero-order valence-electron chi connectivity index (χ0n) is 9.62. The summed E-state index contributed by atoms with van der Waals surface area (Å²) in [6, 6.07) is 0. The third kappa shape index (κ3) is 1.93. The molecule has 2 rings (SSSR count). The van der Waals surface area contributed by atoms with E-state index in [2.05, 4.69) is 16.9 Å². The first kappa shape index (κ1) is 11.4. The van der Waals surface area contributed by atoms with Crippen LogP contribution in [0, 0.1) is 0 Å². The van der Waals surface area contributed by atoms with Crippen LogP contribution in [0.3, 0.4) is 0 Å². The standard InChI is InChI=1S/C13H14N2O2/c1-3-5-11-8(4-2)10(7-14-11)9-6-12(16)15-13(9)17/h3-5,7,9,14H,1,6H2,2H3,(H,15,16,17)/b8-4-,11-5+. The number of amides is 2. The molecule has 0 aliphatic carbocycles. The molecule has 1 unspecified atom stereocenters. The lowest BCUT2D eigenvalue weighted by Crippen LogP contribution is -2.28. The van der Waals surface area contributed by atoms with Gasteiger partial charge in [-0.15, -0.1) is 0 Å². The monoisotopic (exact) mass is 230 g/mol. The first-order chi connectivity index (χ1) is 8.17. The number of carbonyl (C=O) groups excluding carboxylic acids is 2. The molecule has 1 atom stereocenters. The number of aromatic nitrogens is 1. The normalized spacial score (nSPS) is 22.1. The highest BCUT2D eigenvalue weighted by Gasteiger charge is 2.32. The molecule has 0 aromatic carbocycles. The van der Waals surface area contributed by atoms with Crippen LogP contribution in [-0.4, -0.2) is 16.8 Å². The zero-order chi connectivity index (χ0) is 12.4. The van der Waals surface area contributed by atoms with Crippen LogP contribution in [-0.2, 0) is 9.59 Å². The van der Waals surface area contributed by atoms with Crippen molar-refractivity contribution in [1.82, 2.24) is 10.3 Å². The molecule has 1 aromatic rings. The maximum Gasteiger partial charge on any atom is 0.234 e. The highest BCUT2D eigenvalue weighted by atomic mass is 16.2. The largest absolute Gasteiger partial charge is 0.361 e. The van der Waals surface area contributed by atoms with Gasteiger partial charge in [0, 0.05) is 18.0 Å². The van der Waals surface area contributed by atoms with Crippen LogP contribution in [0.25, 0.3) is 12.2 Å². The van der Waals surface area contributed by atoms with E-state index in [1.807, 2.05) is 19.1 Å². The molecule has 1 saturated heterocycles. The summed E-state index contributed by atoms with van der Waals surface area (Å²) in [6.45, 7) is 5.55. The second-order valence-electron chi connectivity index (χ2n) is 3.93. The number of aromatic amines is 1. The molecular formula is C13H14N2O2. The van der Waals surface area contributed by atoms with Crippen molar-refractivity contribution in [2.75, 3.05) is 0 Å². The highest BCUT2D eigenvalue weighted by Crippen LogP contribution is 2.20. The van der Waals surface area contributed by atoms with Crippen LogP contribution >= 0.6 is 0 Å². The Morgan fingerprint density at radius 1 is 1.47 bits per heavy atom. The number of H-pyrrole nitrogens is 1. The molecule has 4 nitrogen and oxygen atoms in total. The van der Waals surface area contributed by atoms with Gasteiger partial charge < -0.3 is 4.98 Å². The Balaban J connectivity index is 2.55. The molecule has 1 aliphatic heterocycles. The molecule has 0 bridgehead atoms. The maximum absolute atomic E-state index is 11.6. The molecule has 1 aliphatic rings. The molecule has 88 valence electrons. The summed E-state index contributed by atoms with van der Waals surface area (Å²) in [7, 11) is 0. The van der Waals surface area contributed by atoms with Crippen molar-refractivity contribution < 1.29 is 9.59 Å². The van der Waals surface area contributed by atoms with Gasteiger partial charge in [-0.05, 0) is 23.8 Å². The van der Waals surface area contributed by atoms with Crippen LogP contribution < -0.4 is 15.9 Å². The second kappa shape index (κ2) is 4.41. The van der Waals surface area contributed by atoms with Crippen molar-refractivity contribution in [1.29, 1.82) is 0 Å². The SMILES string of the molecule is C=C/C=c1/[nH]cc(C2CC(=O)NC2=O)/c1=C/C. The molecule has 0 saturated carbocycles. The first-order valence-corrected chi connectivity index (χ1v) is 5.47. The van der Waals surface area contributed by atoms with Crippen LogP contribution in [0.5, 0.6) is 0 Å². The molecule has 1 aromatic heterocycles. The minimum Gasteiger partial charge on any atom is -0.361 e. The Morgan fingerprint density at radius 2 is 2.24 bits per heavy atom. The molecule has 0 spiro atoms. The van der Waals surface area contributed by atoms with Crippen LogP contribution in [0.1, 0.15) is 24.8 Å². The maximum atomic E-state index is 11.6. The van der Waals surface area contributed by atoms with Gasteiger partial charge in [0.2, 0.25) is 11.8 Å². The molecule has 17 heavy (non-hydrogen) atoms. The average Bonchev–Trinajstić information content (AvgIpc) is 2.82. The number of allylic oxidation sites excluding steroid dienone is 1. The number of carbonyl (C=O) groups is 2. The van der Waals surface area contributed by atoms with Gasteiger partial charge in [0.1, 0.15) is 0 Å². The molecule has 1 fully saturated rings. The third-order valence-electron chi connectivity index (χ3n) is 2.90. The van der Waals surface area contributed by atoms with Crippen LogP contribution in [0.4, 0.5) is 0 Å². The second-order valence-corrected chi connectivity index (χ2v) is 3.93. The predicted molar refractivity (Wildman–Crippen MR) is 65.4 cm³/mol. The predicted octanol–water partition coefficient (Wildman–Crippen LogP) is -0.0883. The van der Waals surface area contributed by atoms with Gasteiger partial charge in [0.05, 0.1) is 5.92 Å². The van der Waals surface area contributed by atoms with Crippen molar-refractivity contribution in [2.45, 2.75) is 19.3 Å². The van der Waals surface area contributed by atoms with Gasteiger partial charge >= 0.3 is 0 Å². The smallest absolute Gasteiger partial charge is 0.234 e. The van der Waals surface area contributed by atoms with E-state index in [4.69, 9.17) is 0 Å². The van der Waals surface area contributed by atoms with Crippen molar-refractivity contribution >= 4 is 24.0 Å². The summed E-state index contributed by atoms with van der Waals surface area (Å²) in [5.41, 5.74) is 0.865. The Labute approximate surface area is 98.7 Å². The van der Waals surface area contributed by atoms with E-state index in [0.717, 1.165) is 16.1 Å². The summed E-state index contributed by atoms with van der Waals surface area (Å²) in [5.74, 6) is -0.809. The van der Waals surface area contributed by atoms with Crippen molar-refractivity contribution in [3.05, 3.63) is 35.0 Å². The Kier molecular flexibility index (Phi) is 2.95. The van der Waals surface area contributed by atoms with Gasteiger partial charge in [0.25, 0.3) is 0 Å². The molecule has 4 heteroatoms.